The number of aliphatic hydroxyl groups is 1. The molecule has 1 saturated heterocycles. The van der Waals surface area contributed by atoms with E-state index in [2.05, 4.69) is 19.9 Å². The van der Waals surface area contributed by atoms with Crippen LogP contribution in [0.15, 0.2) is 18.2 Å². The van der Waals surface area contributed by atoms with Gasteiger partial charge in [0.05, 0.1) is 24.9 Å². The number of amides is 3. The van der Waals surface area contributed by atoms with Crippen LogP contribution in [0.3, 0.4) is 0 Å². The molecule has 13 heteroatoms. The molecule has 10 nitrogen and oxygen atoms in total. The van der Waals surface area contributed by atoms with E-state index in [4.69, 9.17) is 15.2 Å². The lowest BCUT2D eigenvalue weighted by Crippen LogP contribution is -2.40. The van der Waals surface area contributed by atoms with Gasteiger partial charge in [-0.3, -0.25) is 15.0 Å². The number of unbranched alkanes of at least 4 members (excludes halogenated alkanes) is 1. The second-order valence-electron chi connectivity index (χ2n) is 8.40. The van der Waals surface area contributed by atoms with Gasteiger partial charge in [0.15, 0.2) is 0 Å². The number of urea groups is 1. The van der Waals surface area contributed by atoms with E-state index in [9.17, 15) is 23.5 Å². The molecule has 1 aromatic heterocycles. The molecule has 0 radical (unpaired) electrons. The molecule has 1 aliphatic rings. The zero-order valence-electron chi connectivity index (χ0n) is 20.0. The number of nitrogens with one attached hydrogen (secondary N) is 2. The lowest BCUT2D eigenvalue weighted by atomic mass is 10.1. The zero-order chi connectivity index (χ0) is 26.1. The van der Waals surface area contributed by atoms with Crippen molar-refractivity contribution in [2.75, 3.05) is 44.7 Å². The van der Waals surface area contributed by atoms with E-state index in [1.54, 1.807) is 0 Å². The number of ether oxygens (including phenoxy) is 2. The summed E-state index contributed by atoms with van der Waals surface area (Å²) in [6, 6.07) is 2.84. The van der Waals surface area contributed by atoms with Gasteiger partial charge in [0.2, 0.25) is 5.88 Å². The van der Waals surface area contributed by atoms with Crippen LogP contribution in [0.25, 0.3) is 0 Å². The van der Waals surface area contributed by atoms with Crippen LogP contribution in [-0.2, 0) is 4.74 Å². The standard InChI is InChI=1S/C23H31F2N5O5S/c1-14(18-16(24)6-4-7-17(18)25)35-21-19(20(26)32)22(36-29-21)28-23(33)27-8-3-2-5-15(31)13-30-9-11-34-12-10-30/h4,6-7,14-15,31H,2-3,5,8-13H2,1H3,(H2,26,32)(H2,27,28,33). The van der Waals surface area contributed by atoms with Gasteiger partial charge in [-0.05, 0) is 49.9 Å². The van der Waals surface area contributed by atoms with Gasteiger partial charge in [0.25, 0.3) is 5.91 Å². The first-order chi connectivity index (χ1) is 17.3. The number of hydrogen-bond donors (Lipinski definition) is 4. The number of hydrogen-bond acceptors (Lipinski definition) is 8. The molecular weight excluding hydrogens is 496 g/mol. The minimum absolute atomic E-state index is 0.0529. The molecule has 0 spiro atoms. The molecule has 2 heterocycles. The Hall–Kier alpha value is -2.87. The number of aromatic nitrogens is 1. The number of morpholine rings is 1. The van der Waals surface area contributed by atoms with E-state index in [-0.39, 0.29) is 22.0 Å². The molecule has 36 heavy (non-hydrogen) atoms. The Bertz CT molecular complexity index is 1010. The Balaban J connectivity index is 1.46. The average Bonchev–Trinajstić information content (AvgIpc) is 3.21. The predicted molar refractivity (Wildman–Crippen MR) is 130 cm³/mol. The minimum Gasteiger partial charge on any atom is -0.468 e. The monoisotopic (exact) mass is 527 g/mol. The fourth-order valence-electron chi connectivity index (χ4n) is 3.81. The third-order valence-corrected chi connectivity index (χ3v) is 6.40. The zero-order valence-corrected chi connectivity index (χ0v) is 20.8. The number of nitrogens with zero attached hydrogens (tertiary/aromatic N) is 2. The first-order valence-electron chi connectivity index (χ1n) is 11.7. The summed E-state index contributed by atoms with van der Waals surface area (Å²) in [7, 11) is 0. The van der Waals surface area contributed by atoms with E-state index in [0.717, 1.165) is 43.2 Å². The van der Waals surface area contributed by atoms with Crippen LogP contribution in [0.4, 0.5) is 18.6 Å². The van der Waals surface area contributed by atoms with Gasteiger partial charge < -0.3 is 25.6 Å². The molecule has 1 aliphatic heterocycles. The van der Waals surface area contributed by atoms with Gasteiger partial charge in [0.1, 0.15) is 28.3 Å². The molecule has 0 saturated carbocycles. The number of anilines is 1. The second kappa shape index (κ2) is 13.4. The first-order valence-corrected chi connectivity index (χ1v) is 12.5. The quantitative estimate of drug-likeness (QED) is 0.311. The average molecular weight is 528 g/mol. The molecule has 3 amide bonds. The number of primary amides is 1. The van der Waals surface area contributed by atoms with Crippen molar-refractivity contribution in [3.05, 3.63) is 41.0 Å². The van der Waals surface area contributed by atoms with Crippen LogP contribution in [-0.4, -0.2) is 71.8 Å². The van der Waals surface area contributed by atoms with Crippen molar-refractivity contribution in [2.24, 2.45) is 5.73 Å². The third kappa shape index (κ3) is 7.82. The Morgan fingerprint density at radius 3 is 2.64 bits per heavy atom. The molecule has 1 fully saturated rings. The number of rotatable bonds is 12. The molecule has 5 N–H and O–H groups in total. The van der Waals surface area contributed by atoms with E-state index in [0.29, 0.717) is 39.1 Å². The lowest BCUT2D eigenvalue weighted by Gasteiger charge is -2.28. The van der Waals surface area contributed by atoms with Crippen LogP contribution in [0.2, 0.25) is 0 Å². The van der Waals surface area contributed by atoms with Crippen LogP contribution in [0, 0.1) is 11.6 Å². The van der Waals surface area contributed by atoms with Crippen LogP contribution in [0.5, 0.6) is 5.88 Å². The summed E-state index contributed by atoms with van der Waals surface area (Å²) in [6.45, 7) is 5.35. The van der Waals surface area contributed by atoms with Gasteiger partial charge in [-0.25, -0.2) is 13.6 Å². The number of halogens is 2. The highest BCUT2D eigenvalue weighted by molar-refractivity contribution is 7.11. The summed E-state index contributed by atoms with van der Waals surface area (Å²) >= 11 is 0.761. The lowest BCUT2D eigenvalue weighted by molar-refractivity contribution is 0.0128. The number of β-amino-alcohol motifs (C(OH)–C–C–N with tert-alkyl or cyclic N) is 1. The van der Waals surface area contributed by atoms with Gasteiger partial charge in [0, 0.05) is 26.2 Å². The Morgan fingerprint density at radius 1 is 1.28 bits per heavy atom. The number of nitrogens with two attached hydrogens (primary N) is 1. The molecule has 2 unspecified atom stereocenters. The number of aliphatic hydroxyl groups excluding tert-OH is 1. The van der Waals surface area contributed by atoms with Crippen LogP contribution < -0.4 is 21.1 Å². The fourth-order valence-corrected chi connectivity index (χ4v) is 4.54. The minimum atomic E-state index is -1.10. The number of benzene rings is 1. The highest BCUT2D eigenvalue weighted by atomic mass is 32.1. The van der Waals surface area contributed by atoms with Gasteiger partial charge in [-0.1, -0.05) is 6.07 Å². The fraction of sp³-hybridized carbons (Fsp3) is 0.522. The van der Waals surface area contributed by atoms with Crippen molar-refractivity contribution in [2.45, 2.75) is 38.4 Å². The largest absolute Gasteiger partial charge is 0.468 e. The van der Waals surface area contributed by atoms with E-state index >= 15 is 0 Å². The smallest absolute Gasteiger partial charge is 0.319 e. The summed E-state index contributed by atoms with van der Waals surface area (Å²) in [5, 5.41) is 15.4. The number of carbonyl (C=O) groups is 2. The molecular formula is C23H31F2N5O5S. The van der Waals surface area contributed by atoms with Crippen LogP contribution in [0.1, 0.15) is 48.2 Å². The Morgan fingerprint density at radius 2 is 1.97 bits per heavy atom. The Kier molecular flexibility index (Phi) is 10.3. The molecule has 1 aromatic carbocycles. The highest BCUT2D eigenvalue weighted by Gasteiger charge is 2.26. The molecule has 0 aliphatic carbocycles. The summed E-state index contributed by atoms with van der Waals surface area (Å²) in [6.07, 6.45) is 0.445. The van der Waals surface area contributed by atoms with E-state index < -0.39 is 35.8 Å². The van der Waals surface area contributed by atoms with E-state index in [1.807, 2.05) is 0 Å². The van der Waals surface area contributed by atoms with Crippen LogP contribution >= 0.6 is 11.5 Å². The normalized spacial score (nSPS) is 15.8. The maximum atomic E-state index is 14.0. The number of carbonyl (C=O) groups excluding carboxylic acids is 2. The Labute approximate surface area is 211 Å². The predicted octanol–water partition coefficient (Wildman–Crippen LogP) is 2.65. The maximum Gasteiger partial charge on any atom is 0.319 e. The van der Waals surface area contributed by atoms with Crippen molar-refractivity contribution in [1.29, 1.82) is 0 Å². The summed E-state index contributed by atoms with van der Waals surface area (Å²) in [5.41, 5.74) is 4.93. The molecule has 2 aromatic rings. The summed E-state index contributed by atoms with van der Waals surface area (Å²) in [4.78, 5) is 26.4. The maximum absolute atomic E-state index is 14.0. The van der Waals surface area contributed by atoms with Crippen molar-refractivity contribution in [1.82, 2.24) is 14.6 Å². The van der Waals surface area contributed by atoms with Crippen molar-refractivity contribution in [3.63, 3.8) is 0 Å². The SMILES string of the molecule is CC(Oc1nsc(NC(=O)NCCCCC(O)CN2CCOCC2)c1C(N)=O)c1c(F)cccc1F. The van der Waals surface area contributed by atoms with Gasteiger partial charge in [-0.15, -0.1) is 0 Å². The first kappa shape index (κ1) is 27.7. The van der Waals surface area contributed by atoms with E-state index in [1.165, 1.54) is 13.0 Å². The molecule has 0 bridgehead atoms. The van der Waals surface area contributed by atoms with Crippen molar-refractivity contribution < 1.29 is 33.0 Å². The molecule has 198 valence electrons. The van der Waals surface area contributed by atoms with Crippen molar-refractivity contribution in [3.8, 4) is 5.88 Å². The third-order valence-electron chi connectivity index (χ3n) is 5.65. The second-order valence-corrected chi connectivity index (χ2v) is 9.17. The highest BCUT2D eigenvalue weighted by Crippen LogP contribution is 2.34. The van der Waals surface area contributed by atoms with Crippen molar-refractivity contribution >= 4 is 28.5 Å². The topological polar surface area (TPSA) is 139 Å². The molecule has 3 rings (SSSR count). The molecule has 2 atom stereocenters. The summed E-state index contributed by atoms with van der Waals surface area (Å²) < 4.78 is 42.9. The van der Waals surface area contributed by atoms with Gasteiger partial charge >= 0.3 is 6.03 Å². The summed E-state index contributed by atoms with van der Waals surface area (Å²) in [5.74, 6) is -2.74. The van der Waals surface area contributed by atoms with Gasteiger partial charge in [-0.2, -0.15) is 4.37 Å².